The van der Waals surface area contributed by atoms with Crippen LogP contribution >= 0.6 is 11.3 Å². The minimum Gasteiger partial charge on any atom is -0.486 e. The molecule has 0 amide bonds. The zero-order valence-electron chi connectivity index (χ0n) is 12.4. The van der Waals surface area contributed by atoms with Crippen molar-refractivity contribution in [3.63, 3.8) is 0 Å². The van der Waals surface area contributed by atoms with E-state index in [1.165, 1.54) is 23.5 Å². The quantitative estimate of drug-likeness (QED) is 0.879. The maximum absolute atomic E-state index is 12.8. The van der Waals surface area contributed by atoms with Gasteiger partial charge in [-0.15, -0.1) is 11.3 Å². The molecule has 0 saturated carbocycles. The third kappa shape index (κ3) is 4.05. The van der Waals surface area contributed by atoms with Crippen LogP contribution in [0.1, 0.15) is 23.5 Å². The molecule has 1 N–H and O–H groups in total. The largest absolute Gasteiger partial charge is 0.486 e. The van der Waals surface area contributed by atoms with E-state index in [2.05, 4.69) is 4.98 Å². The van der Waals surface area contributed by atoms with Crippen LogP contribution in [0, 0.1) is 5.82 Å². The van der Waals surface area contributed by atoms with Crippen molar-refractivity contribution in [3.8, 4) is 5.75 Å². The minimum absolute atomic E-state index is 0.299. The number of halogens is 1. The smallest absolute Gasteiger partial charge is 0.320 e. The van der Waals surface area contributed by atoms with Gasteiger partial charge in [0.25, 0.3) is 0 Å². The standard InChI is InChI=1S/C16H17FN2O3S/c17-11-3-5-13(6-4-11)22-9-15-18-12(10-23-15)8-19-7-1-2-14(19)16(20)21/h3-6,10,14H,1-2,7-9H2,(H,20,21). The second kappa shape index (κ2) is 7.06. The predicted molar refractivity (Wildman–Crippen MR) is 83.9 cm³/mol. The average molecular weight is 336 g/mol. The van der Waals surface area contributed by atoms with Gasteiger partial charge in [-0.3, -0.25) is 9.69 Å². The Morgan fingerprint density at radius 1 is 1.43 bits per heavy atom. The lowest BCUT2D eigenvalue weighted by atomic mass is 10.2. The first-order valence-electron chi connectivity index (χ1n) is 7.40. The summed E-state index contributed by atoms with van der Waals surface area (Å²) in [5.74, 6) is -0.473. The molecule has 0 aliphatic carbocycles. The summed E-state index contributed by atoms with van der Waals surface area (Å²) in [5, 5.41) is 11.9. The van der Waals surface area contributed by atoms with Gasteiger partial charge in [0.1, 0.15) is 29.2 Å². The van der Waals surface area contributed by atoms with Crippen molar-refractivity contribution in [1.29, 1.82) is 0 Å². The number of rotatable bonds is 6. The third-order valence-electron chi connectivity index (χ3n) is 3.79. The summed E-state index contributed by atoms with van der Waals surface area (Å²) < 4.78 is 18.4. The lowest BCUT2D eigenvalue weighted by Crippen LogP contribution is -2.35. The van der Waals surface area contributed by atoms with E-state index in [1.807, 2.05) is 10.3 Å². The van der Waals surface area contributed by atoms with E-state index in [1.54, 1.807) is 12.1 Å². The molecule has 1 saturated heterocycles. The van der Waals surface area contributed by atoms with Crippen LogP contribution in [0.25, 0.3) is 0 Å². The van der Waals surface area contributed by atoms with Crippen LogP contribution in [0.3, 0.4) is 0 Å². The molecule has 0 radical (unpaired) electrons. The number of hydrogen-bond acceptors (Lipinski definition) is 5. The number of ether oxygens (including phenoxy) is 1. The topological polar surface area (TPSA) is 62.7 Å². The Bertz CT molecular complexity index is 674. The first-order chi connectivity index (χ1) is 11.1. The van der Waals surface area contributed by atoms with Gasteiger partial charge >= 0.3 is 5.97 Å². The van der Waals surface area contributed by atoms with Crippen molar-refractivity contribution in [3.05, 3.63) is 46.2 Å². The number of likely N-dealkylation sites (tertiary alicyclic amines) is 1. The maximum atomic E-state index is 12.8. The fourth-order valence-electron chi connectivity index (χ4n) is 2.67. The molecule has 1 aliphatic rings. The summed E-state index contributed by atoms with van der Waals surface area (Å²) in [6, 6.07) is 5.44. The lowest BCUT2D eigenvalue weighted by molar-refractivity contribution is -0.142. The Kier molecular flexibility index (Phi) is 4.88. The molecule has 0 spiro atoms. The number of carbonyl (C=O) groups is 1. The van der Waals surface area contributed by atoms with E-state index < -0.39 is 12.0 Å². The molecule has 1 aromatic heterocycles. The van der Waals surface area contributed by atoms with Gasteiger partial charge in [0.2, 0.25) is 0 Å². The molecule has 0 bridgehead atoms. The fraction of sp³-hybridized carbons (Fsp3) is 0.375. The number of hydrogen-bond donors (Lipinski definition) is 1. The second-order valence-electron chi connectivity index (χ2n) is 5.44. The van der Waals surface area contributed by atoms with Gasteiger partial charge in [0.15, 0.2) is 0 Å². The molecule has 1 unspecified atom stereocenters. The second-order valence-corrected chi connectivity index (χ2v) is 6.38. The summed E-state index contributed by atoms with van der Waals surface area (Å²) in [6.07, 6.45) is 1.60. The van der Waals surface area contributed by atoms with Crippen molar-refractivity contribution >= 4 is 17.3 Å². The lowest BCUT2D eigenvalue weighted by Gasteiger charge is -2.19. The molecule has 5 nitrogen and oxygen atoms in total. The Hall–Kier alpha value is -1.99. The van der Waals surface area contributed by atoms with E-state index in [-0.39, 0.29) is 5.82 Å². The Balaban J connectivity index is 1.55. The molecule has 2 heterocycles. The molecule has 2 aromatic rings. The van der Waals surface area contributed by atoms with Crippen LogP contribution in [-0.2, 0) is 17.9 Å². The van der Waals surface area contributed by atoms with Gasteiger partial charge in [0.05, 0.1) is 5.69 Å². The number of nitrogens with zero attached hydrogens (tertiary/aromatic N) is 2. The molecule has 3 rings (SSSR count). The van der Waals surface area contributed by atoms with Gasteiger partial charge in [0, 0.05) is 11.9 Å². The SMILES string of the molecule is O=C(O)C1CCCN1Cc1csc(COc2ccc(F)cc2)n1. The fourth-order valence-corrected chi connectivity index (χ4v) is 3.36. The summed E-state index contributed by atoms with van der Waals surface area (Å²) in [5.41, 5.74) is 0.862. The Morgan fingerprint density at radius 2 is 2.22 bits per heavy atom. The van der Waals surface area contributed by atoms with E-state index >= 15 is 0 Å². The Morgan fingerprint density at radius 3 is 2.96 bits per heavy atom. The molecule has 1 fully saturated rings. The first-order valence-corrected chi connectivity index (χ1v) is 8.28. The molecule has 1 aromatic carbocycles. The van der Waals surface area contributed by atoms with Crippen molar-refractivity contribution in [2.45, 2.75) is 32.0 Å². The van der Waals surface area contributed by atoms with Crippen LogP contribution < -0.4 is 4.74 Å². The van der Waals surface area contributed by atoms with Crippen LogP contribution in [0.4, 0.5) is 4.39 Å². The van der Waals surface area contributed by atoms with E-state index in [0.29, 0.717) is 25.3 Å². The molecule has 1 atom stereocenters. The molecule has 122 valence electrons. The molecule has 7 heteroatoms. The zero-order chi connectivity index (χ0) is 16.2. The summed E-state index contributed by atoms with van der Waals surface area (Å²) in [7, 11) is 0. The number of carboxylic acids is 1. The summed E-state index contributed by atoms with van der Waals surface area (Å²) in [6.45, 7) is 1.65. The zero-order valence-corrected chi connectivity index (χ0v) is 13.3. The number of thiazole rings is 1. The molecule has 1 aliphatic heterocycles. The van der Waals surface area contributed by atoms with Gasteiger partial charge in [-0.25, -0.2) is 9.37 Å². The highest BCUT2D eigenvalue weighted by Crippen LogP contribution is 2.22. The normalized spacial score (nSPS) is 18.2. The number of aliphatic carboxylic acids is 1. The van der Waals surface area contributed by atoms with E-state index in [9.17, 15) is 14.3 Å². The van der Waals surface area contributed by atoms with Gasteiger partial charge in [-0.1, -0.05) is 0 Å². The van der Waals surface area contributed by atoms with Crippen molar-refractivity contribution in [2.75, 3.05) is 6.54 Å². The molecular formula is C16H17FN2O3S. The number of benzene rings is 1. The van der Waals surface area contributed by atoms with Crippen LogP contribution in [0.2, 0.25) is 0 Å². The van der Waals surface area contributed by atoms with E-state index in [4.69, 9.17) is 4.74 Å². The van der Waals surface area contributed by atoms with Gasteiger partial charge < -0.3 is 9.84 Å². The minimum atomic E-state index is -0.766. The van der Waals surface area contributed by atoms with E-state index in [0.717, 1.165) is 23.7 Å². The van der Waals surface area contributed by atoms with Crippen LogP contribution in [0.5, 0.6) is 5.75 Å². The number of aromatic nitrogens is 1. The van der Waals surface area contributed by atoms with Crippen LogP contribution in [-0.4, -0.2) is 33.5 Å². The third-order valence-corrected chi connectivity index (χ3v) is 4.66. The van der Waals surface area contributed by atoms with Gasteiger partial charge in [-0.05, 0) is 43.7 Å². The number of carboxylic acid groups (broad SMARTS) is 1. The Labute approximate surface area is 137 Å². The van der Waals surface area contributed by atoms with Gasteiger partial charge in [-0.2, -0.15) is 0 Å². The highest BCUT2D eigenvalue weighted by molar-refractivity contribution is 7.09. The highest BCUT2D eigenvalue weighted by atomic mass is 32.1. The monoisotopic (exact) mass is 336 g/mol. The van der Waals surface area contributed by atoms with Crippen molar-refractivity contribution in [2.24, 2.45) is 0 Å². The first kappa shape index (κ1) is 15.9. The molecule has 23 heavy (non-hydrogen) atoms. The molecular weight excluding hydrogens is 319 g/mol. The maximum Gasteiger partial charge on any atom is 0.320 e. The highest BCUT2D eigenvalue weighted by Gasteiger charge is 2.30. The van der Waals surface area contributed by atoms with Crippen LogP contribution in [0.15, 0.2) is 29.6 Å². The summed E-state index contributed by atoms with van der Waals surface area (Å²) in [4.78, 5) is 17.6. The van der Waals surface area contributed by atoms with Crippen molar-refractivity contribution in [1.82, 2.24) is 9.88 Å². The van der Waals surface area contributed by atoms with Crippen molar-refractivity contribution < 1.29 is 19.0 Å². The average Bonchev–Trinajstić information content (AvgIpc) is 3.16. The predicted octanol–water partition coefficient (Wildman–Crippen LogP) is 2.91. The summed E-state index contributed by atoms with van der Waals surface area (Å²) >= 11 is 1.48.